The summed E-state index contributed by atoms with van der Waals surface area (Å²) in [6.45, 7) is 1.84. The van der Waals surface area contributed by atoms with Crippen LogP contribution in [0.25, 0.3) is 11.3 Å². The minimum Gasteiger partial charge on any atom is -0.341 e. The third kappa shape index (κ3) is 4.43. The van der Waals surface area contributed by atoms with Gasteiger partial charge < -0.3 is 4.90 Å². The van der Waals surface area contributed by atoms with E-state index >= 15 is 0 Å². The fraction of sp³-hybridized carbons (Fsp3) is 0.412. The normalized spacial score (nSPS) is 20.3. The second-order valence-corrected chi connectivity index (χ2v) is 10.8. The summed E-state index contributed by atoms with van der Waals surface area (Å²) in [5.74, 6) is 0.190. The molecule has 1 aromatic heterocycles. The molecule has 1 amide bonds. The first-order valence-electron chi connectivity index (χ1n) is 8.00. The van der Waals surface area contributed by atoms with Crippen molar-refractivity contribution < 1.29 is 13.2 Å². The van der Waals surface area contributed by atoms with Crippen molar-refractivity contribution in [1.82, 2.24) is 9.88 Å². The molecule has 2 heterocycles. The van der Waals surface area contributed by atoms with Crippen LogP contribution in [0.2, 0.25) is 0 Å². The van der Waals surface area contributed by atoms with Crippen molar-refractivity contribution >= 4 is 38.8 Å². The van der Waals surface area contributed by atoms with Crippen LogP contribution in [0, 0.1) is 0 Å². The molecule has 1 aliphatic rings. The van der Waals surface area contributed by atoms with E-state index in [-0.39, 0.29) is 28.7 Å². The van der Waals surface area contributed by atoms with E-state index in [9.17, 15) is 13.2 Å². The predicted octanol–water partition coefficient (Wildman–Crippen LogP) is 2.94. The van der Waals surface area contributed by atoms with Crippen molar-refractivity contribution in [2.45, 2.75) is 29.0 Å². The van der Waals surface area contributed by atoms with E-state index in [1.165, 1.54) is 23.1 Å². The van der Waals surface area contributed by atoms with Crippen molar-refractivity contribution in [3.8, 4) is 11.3 Å². The Balaban J connectivity index is 1.63. The van der Waals surface area contributed by atoms with E-state index in [4.69, 9.17) is 0 Å². The predicted molar refractivity (Wildman–Crippen MR) is 103 cm³/mol. The number of nitrogens with zero attached hydrogens (tertiary/aromatic N) is 2. The molecule has 1 aromatic carbocycles. The summed E-state index contributed by atoms with van der Waals surface area (Å²) in [6.07, 6.45) is 0.525. The zero-order valence-corrected chi connectivity index (χ0v) is 16.5. The maximum atomic E-state index is 12.6. The lowest BCUT2D eigenvalue weighted by molar-refractivity contribution is -0.130. The van der Waals surface area contributed by atoms with E-state index in [1.807, 2.05) is 42.6 Å². The molecule has 2 atom stereocenters. The summed E-state index contributed by atoms with van der Waals surface area (Å²) in [6, 6.07) is 9.71. The molecule has 0 radical (unpaired) electrons. The molecule has 0 N–H and O–H groups in total. The Bertz CT molecular complexity index is 849. The van der Waals surface area contributed by atoms with E-state index in [1.54, 1.807) is 11.9 Å². The van der Waals surface area contributed by atoms with Crippen LogP contribution in [-0.2, 0) is 14.6 Å². The zero-order chi connectivity index (χ0) is 18.0. The van der Waals surface area contributed by atoms with Crippen LogP contribution in [0.3, 0.4) is 0 Å². The molecule has 25 heavy (non-hydrogen) atoms. The number of sulfone groups is 1. The molecule has 0 unspecified atom stereocenters. The van der Waals surface area contributed by atoms with Gasteiger partial charge in [0.1, 0.15) is 0 Å². The van der Waals surface area contributed by atoms with Crippen molar-refractivity contribution in [1.29, 1.82) is 0 Å². The smallest absolute Gasteiger partial charge is 0.235 e. The number of rotatable bonds is 5. The Morgan fingerprint density at radius 1 is 1.36 bits per heavy atom. The second-order valence-electron chi connectivity index (χ2n) is 6.13. The van der Waals surface area contributed by atoms with Gasteiger partial charge in [-0.25, -0.2) is 13.4 Å². The minimum atomic E-state index is -3.00. The van der Waals surface area contributed by atoms with Crippen LogP contribution in [0.4, 0.5) is 0 Å². The number of carbonyl (C=O) groups is 1. The maximum Gasteiger partial charge on any atom is 0.235 e. The largest absolute Gasteiger partial charge is 0.341 e. The number of hydrogen-bond donors (Lipinski definition) is 0. The van der Waals surface area contributed by atoms with Gasteiger partial charge in [-0.3, -0.25) is 4.79 Å². The molecule has 2 aromatic rings. The second kappa shape index (κ2) is 7.47. The molecule has 3 rings (SSSR count). The third-order valence-corrected chi connectivity index (χ3v) is 8.09. The van der Waals surface area contributed by atoms with Crippen molar-refractivity contribution in [3.63, 3.8) is 0 Å². The van der Waals surface area contributed by atoms with Gasteiger partial charge in [-0.2, -0.15) is 0 Å². The molecule has 1 saturated heterocycles. The van der Waals surface area contributed by atoms with Crippen LogP contribution < -0.4 is 0 Å². The first kappa shape index (κ1) is 18.4. The van der Waals surface area contributed by atoms with Gasteiger partial charge in [-0.15, -0.1) is 11.3 Å². The van der Waals surface area contributed by atoms with Crippen LogP contribution >= 0.6 is 23.1 Å². The van der Waals surface area contributed by atoms with Crippen LogP contribution in [-0.4, -0.2) is 54.1 Å². The van der Waals surface area contributed by atoms with Crippen LogP contribution in [0.1, 0.15) is 13.3 Å². The summed E-state index contributed by atoms with van der Waals surface area (Å²) in [7, 11) is -1.30. The molecule has 5 nitrogen and oxygen atoms in total. The average molecular weight is 397 g/mol. The third-order valence-electron chi connectivity index (χ3n) is 4.28. The molecule has 0 bridgehead atoms. The van der Waals surface area contributed by atoms with Crippen molar-refractivity contribution in [2.75, 3.05) is 18.6 Å². The number of thioether (sulfide) groups is 1. The molecule has 0 aliphatic carbocycles. The summed E-state index contributed by atoms with van der Waals surface area (Å²) in [5, 5.41) is 1.69. The molecule has 1 fully saturated rings. The highest BCUT2D eigenvalue weighted by Gasteiger charge is 2.34. The van der Waals surface area contributed by atoms with Gasteiger partial charge in [0.05, 0.1) is 22.4 Å². The lowest BCUT2D eigenvalue weighted by Gasteiger charge is -2.25. The highest BCUT2D eigenvalue weighted by molar-refractivity contribution is 8.02. The van der Waals surface area contributed by atoms with Gasteiger partial charge in [0.15, 0.2) is 14.2 Å². The monoisotopic (exact) mass is 396 g/mol. The Hall–Kier alpha value is -1.38. The van der Waals surface area contributed by atoms with E-state index in [0.29, 0.717) is 6.42 Å². The van der Waals surface area contributed by atoms with Crippen molar-refractivity contribution in [2.24, 2.45) is 0 Å². The quantitative estimate of drug-likeness (QED) is 0.727. The summed E-state index contributed by atoms with van der Waals surface area (Å²) < 4.78 is 24.1. The Morgan fingerprint density at radius 3 is 2.72 bits per heavy atom. The highest BCUT2D eigenvalue weighted by atomic mass is 32.2. The lowest BCUT2D eigenvalue weighted by Crippen LogP contribution is -2.41. The average Bonchev–Trinajstić information content (AvgIpc) is 3.20. The fourth-order valence-electron chi connectivity index (χ4n) is 2.80. The van der Waals surface area contributed by atoms with E-state index in [0.717, 1.165) is 15.6 Å². The molecular formula is C17H20N2O3S3. The Morgan fingerprint density at radius 2 is 2.08 bits per heavy atom. The number of hydrogen-bond acceptors (Lipinski definition) is 6. The molecule has 0 saturated carbocycles. The SMILES string of the molecule is C[C@H](Sc1nc(-c2ccccc2)cs1)C(=O)N(C)[C@H]1CCS(=O)(=O)C1. The zero-order valence-electron chi connectivity index (χ0n) is 14.1. The number of benzene rings is 1. The molecule has 1 aliphatic heterocycles. The van der Waals surface area contributed by atoms with Gasteiger partial charge in [0, 0.05) is 24.0 Å². The highest BCUT2D eigenvalue weighted by Crippen LogP contribution is 2.31. The Labute approximate surface area is 156 Å². The number of carbonyl (C=O) groups excluding carboxylic acids is 1. The van der Waals surface area contributed by atoms with Crippen molar-refractivity contribution in [3.05, 3.63) is 35.7 Å². The first-order valence-corrected chi connectivity index (χ1v) is 11.6. The number of thiazole rings is 1. The fourth-order valence-corrected chi connectivity index (χ4v) is 6.65. The number of aromatic nitrogens is 1. The number of amides is 1. The summed E-state index contributed by atoms with van der Waals surface area (Å²) >= 11 is 2.94. The molecule has 8 heteroatoms. The molecular weight excluding hydrogens is 376 g/mol. The van der Waals surface area contributed by atoms with Gasteiger partial charge in [0.25, 0.3) is 0 Å². The van der Waals surface area contributed by atoms with Gasteiger partial charge >= 0.3 is 0 Å². The van der Waals surface area contributed by atoms with E-state index < -0.39 is 9.84 Å². The standard InChI is InChI=1S/C17H20N2O3S3/c1-12(16(20)19(2)14-8-9-25(21,22)11-14)24-17-18-15(10-23-17)13-6-4-3-5-7-13/h3-7,10,12,14H,8-9,11H2,1-2H3/t12-,14-/m0/s1. The minimum absolute atomic E-state index is 0.0523. The van der Waals surface area contributed by atoms with Gasteiger partial charge in [-0.1, -0.05) is 42.1 Å². The molecule has 0 spiro atoms. The Kier molecular flexibility index (Phi) is 5.50. The topological polar surface area (TPSA) is 67.3 Å². The van der Waals surface area contributed by atoms with Gasteiger partial charge in [-0.05, 0) is 13.3 Å². The van der Waals surface area contributed by atoms with Gasteiger partial charge in [0.2, 0.25) is 5.91 Å². The van der Waals surface area contributed by atoms with Crippen LogP contribution in [0.5, 0.6) is 0 Å². The lowest BCUT2D eigenvalue weighted by atomic mass is 10.2. The molecule has 134 valence electrons. The van der Waals surface area contributed by atoms with E-state index in [2.05, 4.69) is 4.98 Å². The van der Waals surface area contributed by atoms with Crippen LogP contribution in [0.15, 0.2) is 40.1 Å². The summed E-state index contributed by atoms with van der Waals surface area (Å²) in [4.78, 5) is 18.8. The maximum absolute atomic E-state index is 12.6. The summed E-state index contributed by atoms with van der Waals surface area (Å²) in [5.41, 5.74) is 1.96. The first-order chi connectivity index (χ1) is 11.9.